The number of hydrogen-bond donors (Lipinski definition) is 1. The van der Waals surface area contributed by atoms with Gasteiger partial charge in [-0.15, -0.1) is 0 Å². The van der Waals surface area contributed by atoms with Crippen molar-refractivity contribution in [1.82, 2.24) is 9.47 Å². The fourth-order valence-corrected chi connectivity index (χ4v) is 3.71. The van der Waals surface area contributed by atoms with Crippen LogP contribution in [0.15, 0.2) is 17.1 Å². The third kappa shape index (κ3) is 2.61. The molecule has 2 aliphatic heterocycles. The van der Waals surface area contributed by atoms with Crippen molar-refractivity contribution in [3.05, 3.63) is 33.9 Å². The van der Waals surface area contributed by atoms with Crippen LogP contribution in [0.5, 0.6) is 5.75 Å². The van der Waals surface area contributed by atoms with Crippen LogP contribution in [0.2, 0.25) is 0 Å². The molecule has 0 aliphatic carbocycles. The fraction of sp³-hybridized carbons (Fsp3) is 0.389. The number of nitrogens with zero attached hydrogens (tertiary/aromatic N) is 3. The first-order chi connectivity index (χ1) is 12.9. The zero-order valence-corrected chi connectivity index (χ0v) is 14.6. The van der Waals surface area contributed by atoms with E-state index in [1.54, 1.807) is 14.4 Å². The van der Waals surface area contributed by atoms with Crippen LogP contribution < -0.4 is 15.1 Å². The largest absolute Gasteiger partial charge is 0.487 e. The lowest BCUT2D eigenvalue weighted by molar-refractivity contribution is -0.118. The van der Waals surface area contributed by atoms with Crippen LogP contribution in [-0.4, -0.2) is 59.7 Å². The summed E-state index contributed by atoms with van der Waals surface area (Å²) in [5, 5.41) is 9.30. The molecule has 4 rings (SSSR count). The van der Waals surface area contributed by atoms with Gasteiger partial charge in [-0.25, -0.2) is 9.18 Å². The van der Waals surface area contributed by atoms with Crippen LogP contribution in [0.1, 0.15) is 23.3 Å². The van der Waals surface area contributed by atoms with E-state index in [4.69, 9.17) is 4.74 Å². The van der Waals surface area contributed by atoms with E-state index in [9.17, 15) is 23.9 Å². The maximum Gasteiger partial charge on any atom is 0.341 e. The zero-order chi connectivity index (χ0) is 19.3. The van der Waals surface area contributed by atoms with Gasteiger partial charge in [-0.05, 0) is 13.0 Å². The van der Waals surface area contributed by atoms with Crippen molar-refractivity contribution >= 4 is 29.0 Å². The summed E-state index contributed by atoms with van der Waals surface area (Å²) in [6, 6.07) is 0.886. The number of pyridine rings is 1. The van der Waals surface area contributed by atoms with Gasteiger partial charge in [0.1, 0.15) is 17.9 Å². The van der Waals surface area contributed by atoms with Crippen molar-refractivity contribution < 1.29 is 23.8 Å². The highest BCUT2D eigenvalue weighted by Gasteiger charge is 2.31. The zero-order valence-electron chi connectivity index (χ0n) is 14.6. The number of anilines is 1. The minimum Gasteiger partial charge on any atom is -0.487 e. The number of halogens is 1. The van der Waals surface area contributed by atoms with E-state index in [1.807, 2.05) is 6.92 Å². The maximum absolute atomic E-state index is 15.0. The van der Waals surface area contributed by atoms with Gasteiger partial charge in [-0.2, -0.15) is 0 Å². The number of hydrogen-bond acceptors (Lipinski definition) is 5. The van der Waals surface area contributed by atoms with Crippen molar-refractivity contribution in [2.75, 3.05) is 37.7 Å². The van der Waals surface area contributed by atoms with Gasteiger partial charge in [0.25, 0.3) is 0 Å². The lowest BCUT2D eigenvalue weighted by Gasteiger charge is -2.37. The monoisotopic (exact) mass is 375 g/mol. The van der Waals surface area contributed by atoms with E-state index in [0.29, 0.717) is 31.7 Å². The minimum atomic E-state index is -1.35. The Morgan fingerprint density at radius 2 is 2.04 bits per heavy atom. The van der Waals surface area contributed by atoms with Crippen LogP contribution in [0.4, 0.5) is 10.1 Å². The molecule has 0 radical (unpaired) electrons. The van der Waals surface area contributed by atoms with Gasteiger partial charge in [0, 0.05) is 32.4 Å². The Balaban J connectivity index is 1.95. The predicted molar refractivity (Wildman–Crippen MR) is 95.2 cm³/mol. The molecule has 8 nitrogen and oxygen atoms in total. The first kappa shape index (κ1) is 17.3. The van der Waals surface area contributed by atoms with Gasteiger partial charge in [0.2, 0.25) is 11.8 Å². The molecule has 1 amide bonds. The van der Waals surface area contributed by atoms with E-state index >= 15 is 0 Å². The quantitative estimate of drug-likeness (QED) is 0.807. The first-order valence-electron chi connectivity index (χ1n) is 8.64. The third-order valence-electron chi connectivity index (χ3n) is 5.15. The smallest absolute Gasteiger partial charge is 0.341 e. The van der Waals surface area contributed by atoms with Gasteiger partial charge in [-0.1, -0.05) is 0 Å². The normalized spacial score (nSPS) is 19.1. The van der Waals surface area contributed by atoms with E-state index in [0.717, 1.165) is 12.5 Å². The Kier molecular flexibility index (Phi) is 4.01. The van der Waals surface area contributed by atoms with Crippen molar-refractivity contribution in [3.63, 3.8) is 0 Å². The summed E-state index contributed by atoms with van der Waals surface area (Å²) in [6.07, 6.45) is 2.07. The van der Waals surface area contributed by atoms with Crippen molar-refractivity contribution in [2.24, 2.45) is 0 Å². The van der Waals surface area contributed by atoms with Crippen molar-refractivity contribution in [1.29, 1.82) is 0 Å². The predicted octanol–water partition coefficient (Wildman–Crippen LogP) is 1.07. The Bertz CT molecular complexity index is 1010. The molecule has 0 bridgehead atoms. The second-order valence-electron chi connectivity index (χ2n) is 6.81. The summed E-state index contributed by atoms with van der Waals surface area (Å²) < 4.78 is 22.5. The molecule has 27 heavy (non-hydrogen) atoms. The third-order valence-corrected chi connectivity index (χ3v) is 5.15. The standard InChI is InChI=1S/C18H18FN3O5/c1-10-8-27-17-14-11(16(24)12(18(25)26)7-22(10)14)6-13(19)15(17)21-4-2-20(9-23)3-5-21/h6-7,9-10H,2-5,8H2,1H3,(H,25,26)/t10-/m0/s1. The highest BCUT2D eigenvalue weighted by Crippen LogP contribution is 2.42. The van der Waals surface area contributed by atoms with Gasteiger partial charge in [0.05, 0.1) is 16.9 Å². The van der Waals surface area contributed by atoms with Crippen molar-refractivity contribution in [2.45, 2.75) is 13.0 Å². The number of carboxylic acids is 1. The highest BCUT2D eigenvalue weighted by molar-refractivity contribution is 5.97. The summed E-state index contributed by atoms with van der Waals surface area (Å²) in [7, 11) is 0. The molecule has 1 aromatic heterocycles. The molecule has 9 heteroatoms. The van der Waals surface area contributed by atoms with E-state index in [2.05, 4.69) is 0 Å². The molecule has 0 saturated carbocycles. The number of carboxylic acid groups (broad SMARTS) is 1. The Morgan fingerprint density at radius 3 is 2.67 bits per heavy atom. The van der Waals surface area contributed by atoms with E-state index in [-0.39, 0.29) is 29.5 Å². The van der Waals surface area contributed by atoms with Crippen LogP contribution in [0.3, 0.4) is 0 Å². The molecule has 2 aromatic rings. The SMILES string of the molecule is C[C@H]1COc2c(N3CCN(C=O)CC3)c(F)cc3c(=O)c(C(=O)O)cn1c23. The first-order valence-corrected chi connectivity index (χ1v) is 8.64. The Labute approximate surface area is 153 Å². The van der Waals surface area contributed by atoms with Gasteiger partial charge < -0.3 is 24.2 Å². The van der Waals surface area contributed by atoms with Gasteiger partial charge in [0.15, 0.2) is 11.6 Å². The molecular weight excluding hydrogens is 357 g/mol. The topological polar surface area (TPSA) is 92.1 Å². The van der Waals surface area contributed by atoms with Crippen molar-refractivity contribution in [3.8, 4) is 5.75 Å². The number of benzene rings is 1. The minimum absolute atomic E-state index is 0.00997. The van der Waals surface area contributed by atoms with Gasteiger partial charge >= 0.3 is 5.97 Å². The number of aromatic carboxylic acids is 1. The van der Waals surface area contributed by atoms with Crippen LogP contribution in [-0.2, 0) is 4.79 Å². The number of carbonyl (C=O) groups excluding carboxylic acids is 1. The van der Waals surface area contributed by atoms with Gasteiger partial charge in [-0.3, -0.25) is 9.59 Å². The molecule has 142 valence electrons. The number of ether oxygens (including phenoxy) is 1. The summed E-state index contributed by atoms with van der Waals surface area (Å²) in [4.78, 5) is 38.3. The number of amides is 1. The summed E-state index contributed by atoms with van der Waals surface area (Å²) >= 11 is 0. The molecule has 0 unspecified atom stereocenters. The lowest BCUT2D eigenvalue weighted by Crippen LogP contribution is -2.46. The molecule has 3 heterocycles. The summed E-state index contributed by atoms with van der Waals surface area (Å²) in [5.74, 6) is -1.74. The maximum atomic E-state index is 15.0. The van der Waals surface area contributed by atoms with Crippen LogP contribution >= 0.6 is 0 Å². The second-order valence-corrected chi connectivity index (χ2v) is 6.81. The second kappa shape index (κ2) is 6.26. The Hall–Kier alpha value is -3.10. The average Bonchev–Trinajstić information content (AvgIpc) is 2.66. The molecule has 1 fully saturated rings. The fourth-order valence-electron chi connectivity index (χ4n) is 3.71. The Morgan fingerprint density at radius 1 is 1.33 bits per heavy atom. The number of aromatic nitrogens is 1. The average molecular weight is 375 g/mol. The van der Waals surface area contributed by atoms with E-state index < -0.39 is 22.8 Å². The number of piperazine rings is 1. The molecule has 1 N–H and O–H groups in total. The van der Waals surface area contributed by atoms with Crippen LogP contribution in [0.25, 0.3) is 10.9 Å². The molecule has 0 spiro atoms. The van der Waals surface area contributed by atoms with E-state index in [1.165, 1.54) is 6.20 Å². The molecule has 1 aromatic carbocycles. The molecular formula is C18H18FN3O5. The number of rotatable bonds is 3. The lowest BCUT2D eigenvalue weighted by atomic mass is 10.1. The molecule has 1 saturated heterocycles. The number of carbonyl (C=O) groups is 2. The highest BCUT2D eigenvalue weighted by atomic mass is 19.1. The summed E-state index contributed by atoms with van der Waals surface area (Å²) in [5.41, 5.74) is -0.480. The summed E-state index contributed by atoms with van der Waals surface area (Å²) in [6.45, 7) is 3.86. The molecule has 1 atom stereocenters. The molecule has 2 aliphatic rings. The van der Waals surface area contributed by atoms with Crippen LogP contribution in [0, 0.1) is 5.82 Å².